The van der Waals surface area contributed by atoms with Crippen LogP contribution in [0.25, 0.3) is 0 Å². The van der Waals surface area contributed by atoms with Crippen molar-refractivity contribution >= 4 is 17.1 Å². The highest BCUT2D eigenvalue weighted by Gasteiger charge is 2.51. The van der Waals surface area contributed by atoms with Gasteiger partial charge in [-0.3, -0.25) is 4.90 Å². The highest BCUT2D eigenvalue weighted by atomic mass is 28.4. The van der Waals surface area contributed by atoms with E-state index in [2.05, 4.69) is 31.8 Å². The van der Waals surface area contributed by atoms with Crippen LogP contribution < -0.4 is 5.73 Å². The monoisotopic (exact) mass is 408 g/mol. The van der Waals surface area contributed by atoms with Gasteiger partial charge in [-0.1, -0.05) is 13.8 Å². The van der Waals surface area contributed by atoms with E-state index in [-0.39, 0.29) is 11.3 Å². The lowest BCUT2D eigenvalue weighted by molar-refractivity contribution is 0.0901. The highest BCUT2D eigenvalue weighted by molar-refractivity contribution is 6.69. The van der Waals surface area contributed by atoms with Crippen molar-refractivity contribution in [2.75, 3.05) is 39.5 Å². The Bertz CT molecular complexity index is 322. The SMILES string of the molecule is CCO[Si](C)(OCC)C(CC)N(CCN)C(CC)[Si](C)(OCC)OCC. The maximum Gasteiger partial charge on any atom is 0.352 e. The van der Waals surface area contributed by atoms with E-state index in [1.54, 1.807) is 0 Å². The van der Waals surface area contributed by atoms with Gasteiger partial charge in [0.2, 0.25) is 0 Å². The van der Waals surface area contributed by atoms with Crippen molar-refractivity contribution in [2.24, 2.45) is 5.73 Å². The van der Waals surface area contributed by atoms with Crippen LogP contribution >= 0.6 is 0 Å². The summed E-state index contributed by atoms with van der Waals surface area (Å²) < 4.78 is 25.0. The second kappa shape index (κ2) is 13.4. The molecule has 26 heavy (non-hydrogen) atoms. The molecule has 0 saturated heterocycles. The van der Waals surface area contributed by atoms with Gasteiger partial charge in [-0.15, -0.1) is 0 Å². The summed E-state index contributed by atoms with van der Waals surface area (Å²) in [7, 11) is -4.80. The Hall–Kier alpha value is 0.194. The molecule has 0 spiro atoms. The fourth-order valence-electron chi connectivity index (χ4n) is 4.11. The fourth-order valence-corrected chi connectivity index (χ4v) is 10.8. The van der Waals surface area contributed by atoms with Gasteiger partial charge < -0.3 is 23.4 Å². The first kappa shape index (κ1) is 26.2. The Labute approximate surface area is 164 Å². The van der Waals surface area contributed by atoms with Gasteiger partial charge in [0.1, 0.15) is 0 Å². The summed E-state index contributed by atoms with van der Waals surface area (Å²) in [6.45, 7) is 21.0. The van der Waals surface area contributed by atoms with E-state index in [0.717, 1.165) is 19.4 Å². The van der Waals surface area contributed by atoms with Crippen molar-refractivity contribution in [2.45, 2.75) is 78.8 Å². The number of rotatable bonds is 16. The number of nitrogens with two attached hydrogens (primary N) is 1. The summed E-state index contributed by atoms with van der Waals surface area (Å²) in [4.78, 5) is 2.50. The van der Waals surface area contributed by atoms with Gasteiger partial charge >= 0.3 is 17.1 Å². The molecule has 0 aromatic heterocycles. The van der Waals surface area contributed by atoms with Gasteiger partial charge in [-0.2, -0.15) is 0 Å². The molecule has 8 heteroatoms. The topological polar surface area (TPSA) is 66.2 Å². The van der Waals surface area contributed by atoms with Crippen molar-refractivity contribution in [3.05, 3.63) is 0 Å². The van der Waals surface area contributed by atoms with Gasteiger partial charge in [-0.05, 0) is 53.6 Å². The minimum Gasteiger partial charge on any atom is -0.394 e. The van der Waals surface area contributed by atoms with Crippen LogP contribution in [-0.2, 0) is 17.7 Å². The predicted molar refractivity (Wildman–Crippen MR) is 114 cm³/mol. The van der Waals surface area contributed by atoms with Crippen molar-refractivity contribution in [1.29, 1.82) is 0 Å². The second-order valence-corrected chi connectivity index (χ2v) is 13.2. The molecular weight excluding hydrogens is 364 g/mol. The lowest BCUT2D eigenvalue weighted by Gasteiger charge is -2.48. The smallest absolute Gasteiger partial charge is 0.352 e. The van der Waals surface area contributed by atoms with Crippen molar-refractivity contribution in [3.8, 4) is 0 Å². The third-order valence-corrected chi connectivity index (χ3v) is 12.2. The van der Waals surface area contributed by atoms with Gasteiger partial charge in [0.25, 0.3) is 0 Å². The highest BCUT2D eigenvalue weighted by Crippen LogP contribution is 2.29. The van der Waals surface area contributed by atoms with Crippen LogP contribution in [0.15, 0.2) is 0 Å². The Morgan fingerprint density at radius 1 is 0.692 bits per heavy atom. The molecule has 2 atom stereocenters. The summed E-state index contributed by atoms with van der Waals surface area (Å²) in [6.07, 6.45) is 1.92. The summed E-state index contributed by atoms with van der Waals surface area (Å²) in [5.74, 6) is 0. The average Bonchev–Trinajstić information content (AvgIpc) is 2.56. The molecule has 158 valence electrons. The van der Waals surface area contributed by atoms with Crippen molar-refractivity contribution in [3.63, 3.8) is 0 Å². The molecule has 0 bridgehead atoms. The summed E-state index contributed by atoms with van der Waals surface area (Å²) in [5.41, 5.74) is 6.45. The van der Waals surface area contributed by atoms with Crippen molar-refractivity contribution < 1.29 is 17.7 Å². The summed E-state index contributed by atoms with van der Waals surface area (Å²) >= 11 is 0. The van der Waals surface area contributed by atoms with Gasteiger partial charge in [0, 0.05) is 39.5 Å². The molecule has 0 aliphatic heterocycles. The lowest BCUT2D eigenvalue weighted by Crippen LogP contribution is -2.68. The van der Waals surface area contributed by atoms with Crippen LogP contribution in [0.3, 0.4) is 0 Å². The molecule has 0 fully saturated rings. The molecule has 0 saturated carbocycles. The molecule has 0 aromatic carbocycles. The zero-order valence-electron chi connectivity index (χ0n) is 18.5. The van der Waals surface area contributed by atoms with Crippen LogP contribution in [-0.4, -0.2) is 72.9 Å². The standard InChI is InChI=1S/C18H44N2O4Si2/c1-9-17(25(7,21-11-3)22-12-4)20(16-15-19)18(10-2)26(8,23-13-5)24-14-6/h17-18H,9-16,19H2,1-8H3. The van der Waals surface area contributed by atoms with Crippen LogP contribution in [0, 0.1) is 0 Å². The molecule has 0 aliphatic carbocycles. The quantitative estimate of drug-likeness (QED) is 0.396. The fraction of sp³-hybridized carbons (Fsp3) is 1.00. The van der Waals surface area contributed by atoms with Crippen molar-refractivity contribution in [1.82, 2.24) is 4.90 Å². The number of hydrogen-bond acceptors (Lipinski definition) is 6. The molecule has 0 heterocycles. The maximum atomic E-state index is 6.25. The second-order valence-electron chi connectivity index (χ2n) is 6.64. The van der Waals surface area contributed by atoms with Gasteiger partial charge in [-0.25, -0.2) is 0 Å². The van der Waals surface area contributed by atoms with E-state index >= 15 is 0 Å². The first-order valence-corrected chi connectivity index (χ1v) is 15.1. The van der Waals surface area contributed by atoms with E-state index < -0.39 is 17.1 Å². The first-order chi connectivity index (χ1) is 12.3. The molecule has 0 aromatic rings. The number of hydrogen-bond donors (Lipinski definition) is 1. The summed E-state index contributed by atoms with van der Waals surface area (Å²) in [5, 5.41) is 0. The lowest BCUT2D eigenvalue weighted by atomic mass is 10.3. The minimum atomic E-state index is -2.40. The van der Waals surface area contributed by atoms with Crippen LogP contribution in [0.1, 0.15) is 54.4 Å². The third-order valence-electron chi connectivity index (χ3n) is 4.90. The zero-order valence-corrected chi connectivity index (χ0v) is 20.5. The molecule has 0 amide bonds. The van der Waals surface area contributed by atoms with Crippen LogP contribution in [0.5, 0.6) is 0 Å². The minimum absolute atomic E-state index is 0.212. The Morgan fingerprint density at radius 3 is 1.19 bits per heavy atom. The largest absolute Gasteiger partial charge is 0.394 e. The molecule has 0 radical (unpaired) electrons. The molecular formula is C18H44N2O4Si2. The van der Waals surface area contributed by atoms with E-state index in [9.17, 15) is 0 Å². The van der Waals surface area contributed by atoms with E-state index in [1.165, 1.54) is 0 Å². The molecule has 2 N–H and O–H groups in total. The molecule has 0 rings (SSSR count). The Balaban J connectivity index is 5.97. The third kappa shape index (κ3) is 6.98. The maximum absolute atomic E-state index is 6.25. The molecule has 6 nitrogen and oxygen atoms in total. The Kier molecular flexibility index (Phi) is 13.5. The predicted octanol–water partition coefficient (Wildman–Crippen LogP) is 3.17. The van der Waals surface area contributed by atoms with E-state index in [1.807, 2.05) is 27.7 Å². The van der Waals surface area contributed by atoms with E-state index in [0.29, 0.717) is 33.0 Å². The first-order valence-electron chi connectivity index (χ1n) is 10.3. The molecule has 2 unspecified atom stereocenters. The summed E-state index contributed by atoms with van der Waals surface area (Å²) in [6, 6.07) is 0. The van der Waals surface area contributed by atoms with Gasteiger partial charge in [0.15, 0.2) is 0 Å². The van der Waals surface area contributed by atoms with Gasteiger partial charge in [0.05, 0.1) is 11.3 Å². The van der Waals surface area contributed by atoms with E-state index in [4.69, 9.17) is 23.4 Å². The van der Waals surface area contributed by atoms with Crippen LogP contribution in [0.4, 0.5) is 0 Å². The Morgan fingerprint density at radius 2 is 1.00 bits per heavy atom. The normalized spacial score (nSPS) is 15.5. The molecule has 0 aliphatic rings. The van der Waals surface area contributed by atoms with Crippen LogP contribution in [0.2, 0.25) is 13.1 Å². The number of nitrogens with zero attached hydrogens (tertiary/aromatic N) is 1. The zero-order chi connectivity index (χ0) is 20.2. The average molecular weight is 409 g/mol.